The number of hydrogen-bond donors (Lipinski definition) is 1. The quantitative estimate of drug-likeness (QED) is 0.811. The summed E-state index contributed by atoms with van der Waals surface area (Å²) >= 11 is 0. The molecule has 1 heterocycles. The fraction of sp³-hybridized carbons (Fsp3) is 1.00. The summed E-state index contributed by atoms with van der Waals surface area (Å²) < 4.78 is 6.11. The van der Waals surface area contributed by atoms with E-state index in [1.807, 2.05) is 0 Å². The van der Waals surface area contributed by atoms with Crippen LogP contribution in [0.3, 0.4) is 0 Å². The van der Waals surface area contributed by atoms with Gasteiger partial charge in [0.05, 0.1) is 5.60 Å². The van der Waals surface area contributed by atoms with Crippen molar-refractivity contribution in [1.82, 2.24) is 5.32 Å². The van der Waals surface area contributed by atoms with Crippen LogP contribution in [0, 0.1) is 11.8 Å². The van der Waals surface area contributed by atoms with Crippen molar-refractivity contribution < 1.29 is 4.74 Å². The van der Waals surface area contributed by atoms with E-state index in [0.29, 0.717) is 6.04 Å². The van der Waals surface area contributed by atoms with Gasteiger partial charge in [0.1, 0.15) is 0 Å². The zero-order valence-electron chi connectivity index (χ0n) is 13.5. The molecule has 116 valence electrons. The molecule has 2 nitrogen and oxygen atoms in total. The molecule has 0 aromatic carbocycles. The first-order valence-electron chi connectivity index (χ1n) is 9.14. The molecule has 20 heavy (non-hydrogen) atoms. The van der Waals surface area contributed by atoms with E-state index in [4.69, 9.17) is 4.74 Å². The first kappa shape index (κ1) is 14.8. The first-order chi connectivity index (χ1) is 9.74. The second-order valence-corrected chi connectivity index (χ2v) is 7.56. The molecule has 3 atom stereocenters. The van der Waals surface area contributed by atoms with Crippen molar-refractivity contribution in [2.45, 2.75) is 95.7 Å². The highest BCUT2D eigenvalue weighted by Gasteiger charge is 2.38. The van der Waals surface area contributed by atoms with Crippen LogP contribution in [0.5, 0.6) is 0 Å². The van der Waals surface area contributed by atoms with Gasteiger partial charge in [0, 0.05) is 18.7 Å². The molecule has 0 bridgehead atoms. The molecular weight excluding hydrogens is 246 g/mol. The summed E-state index contributed by atoms with van der Waals surface area (Å²) in [5.41, 5.74) is 0.167. The highest BCUT2D eigenvalue weighted by molar-refractivity contribution is 4.92. The SMILES string of the molecule is CCC1(CC)CC(NC2CCCC(C3CC3)C2)CCO1. The Morgan fingerprint density at radius 2 is 1.75 bits per heavy atom. The van der Waals surface area contributed by atoms with Gasteiger partial charge in [-0.25, -0.2) is 0 Å². The van der Waals surface area contributed by atoms with E-state index in [-0.39, 0.29) is 5.60 Å². The molecule has 2 heteroatoms. The van der Waals surface area contributed by atoms with Crippen LogP contribution >= 0.6 is 0 Å². The highest BCUT2D eigenvalue weighted by atomic mass is 16.5. The summed E-state index contributed by atoms with van der Waals surface area (Å²) in [6, 6.07) is 1.50. The lowest BCUT2D eigenvalue weighted by Gasteiger charge is -2.42. The predicted molar refractivity (Wildman–Crippen MR) is 83.9 cm³/mol. The largest absolute Gasteiger partial charge is 0.375 e. The van der Waals surface area contributed by atoms with E-state index >= 15 is 0 Å². The molecule has 0 amide bonds. The molecule has 2 saturated carbocycles. The maximum atomic E-state index is 6.11. The summed E-state index contributed by atoms with van der Waals surface area (Å²) in [4.78, 5) is 0. The summed E-state index contributed by atoms with van der Waals surface area (Å²) in [6.45, 7) is 5.53. The van der Waals surface area contributed by atoms with E-state index < -0.39 is 0 Å². The van der Waals surface area contributed by atoms with E-state index in [9.17, 15) is 0 Å². The molecule has 2 aliphatic carbocycles. The van der Waals surface area contributed by atoms with Gasteiger partial charge in [-0.2, -0.15) is 0 Å². The molecule has 3 rings (SSSR count). The molecule has 0 spiro atoms. The van der Waals surface area contributed by atoms with Gasteiger partial charge in [-0.05, 0) is 63.2 Å². The third kappa shape index (κ3) is 3.39. The van der Waals surface area contributed by atoms with Gasteiger partial charge in [-0.3, -0.25) is 0 Å². The molecule has 3 fully saturated rings. The average Bonchev–Trinajstić information content (AvgIpc) is 3.32. The Bertz CT molecular complexity index is 309. The number of ether oxygens (including phenoxy) is 1. The topological polar surface area (TPSA) is 21.3 Å². The maximum Gasteiger partial charge on any atom is 0.0692 e. The molecule has 1 saturated heterocycles. The number of hydrogen-bond acceptors (Lipinski definition) is 2. The van der Waals surface area contributed by atoms with Crippen LogP contribution < -0.4 is 5.32 Å². The summed E-state index contributed by atoms with van der Waals surface area (Å²) in [7, 11) is 0. The van der Waals surface area contributed by atoms with Gasteiger partial charge in [0.25, 0.3) is 0 Å². The van der Waals surface area contributed by atoms with Crippen molar-refractivity contribution in [1.29, 1.82) is 0 Å². The third-order valence-electron chi connectivity index (χ3n) is 6.26. The van der Waals surface area contributed by atoms with Crippen molar-refractivity contribution in [2.75, 3.05) is 6.61 Å². The van der Waals surface area contributed by atoms with Crippen molar-refractivity contribution >= 4 is 0 Å². The Morgan fingerprint density at radius 3 is 2.45 bits per heavy atom. The summed E-state index contributed by atoms with van der Waals surface area (Å²) in [5, 5.41) is 4.01. The third-order valence-corrected chi connectivity index (χ3v) is 6.26. The number of rotatable bonds is 5. The minimum atomic E-state index is 0.167. The smallest absolute Gasteiger partial charge is 0.0692 e. The number of nitrogens with one attached hydrogen (secondary N) is 1. The Morgan fingerprint density at radius 1 is 0.950 bits per heavy atom. The van der Waals surface area contributed by atoms with Crippen LogP contribution in [0.25, 0.3) is 0 Å². The van der Waals surface area contributed by atoms with Crippen LogP contribution in [0.15, 0.2) is 0 Å². The molecule has 1 N–H and O–H groups in total. The lowest BCUT2D eigenvalue weighted by Crippen LogP contribution is -2.50. The van der Waals surface area contributed by atoms with Gasteiger partial charge in [-0.15, -0.1) is 0 Å². The minimum Gasteiger partial charge on any atom is -0.375 e. The standard InChI is InChI=1S/C18H33NO/c1-3-18(4-2)13-17(10-11-20-18)19-16-7-5-6-15(12-16)14-8-9-14/h14-17,19H,3-13H2,1-2H3. The molecule has 1 aliphatic heterocycles. The van der Waals surface area contributed by atoms with E-state index in [2.05, 4.69) is 19.2 Å². The Balaban J connectivity index is 1.51. The first-order valence-corrected chi connectivity index (χ1v) is 9.14. The lowest BCUT2D eigenvalue weighted by atomic mass is 9.81. The lowest BCUT2D eigenvalue weighted by molar-refractivity contribution is -0.0946. The second-order valence-electron chi connectivity index (χ2n) is 7.56. The Kier molecular flexibility index (Phi) is 4.72. The Labute approximate surface area is 125 Å². The van der Waals surface area contributed by atoms with Crippen LogP contribution in [0.1, 0.15) is 78.1 Å². The average molecular weight is 279 g/mol. The summed E-state index contributed by atoms with van der Waals surface area (Å²) in [5.74, 6) is 2.14. The predicted octanol–water partition coefficient (Wildman–Crippen LogP) is 4.28. The van der Waals surface area contributed by atoms with Crippen LogP contribution in [-0.2, 0) is 4.74 Å². The van der Waals surface area contributed by atoms with Gasteiger partial charge >= 0.3 is 0 Å². The van der Waals surface area contributed by atoms with Gasteiger partial charge in [-0.1, -0.05) is 26.7 Å². The fourth-order valence-corrected chi connectivity index (χ4v) is 4.62. The Hall–Kier alpha value is -0.0800. The van der Waals surface area contributed by atoms with Gasteiger partial charge in [0.15, 0.2) is 0 Å². The van der Waals surface area contributed by atoms with Gasteiger partial charge in [0.2, 0.25) is 0 Å². The molecule has 3 aliphatic rings. The minimum absolute atomic E-state index is 0.167. The zero-order chi connectivity index (χ0) is 14.0. The monoisotopic (exact) mass is 279 g/mol. The summed E-state index contributed by atoms with van der Waals surface area (Å²) in [6.07, 6.45) is 13.6. The van der Waals surface area contributed by atoms with Crippen LogP contribution in [-0.4, -0.2) is 24.3 Å². The molecule has 0 aromatic heterocycles. The van der Waals surface area contributed by atoms with Crippen LogP contribution in [0.2, 0.25) is 0 Å². The van der Waals surface area contributed by atoms with Crippen molar-refractivity contribution in [3.63, 3.8) is 0 Å². The van der Waals surface area contributed by atoms with Gasteiger partial charge < -0.3 is 10.1 Å². The zero-order valence-corrected chi connectivity index (χ0v) is 13.5. The van der Waals surface area contributed by atoms with Crippen molar-refractivity contribution in [3.8, 4) is 0 Å². The van der Waals surface area contributed by atoms with Crippen molar-refractivity contribution in [3.05, 3.63) is 0 Å². The van der Waals surface area contributed by atoms with Crippen LogP contribution in [0.4, 0.5) is 0 Å². The normalized spacial score (nSPS) is 37.8. The van der Waals surface area contributed by atoms with E-state index in [1.54, 1.807) is 0 Å². The molecule has 3 unspecified atom stereocenters. The molecular formula is C18H33NO. The molecule has 0 radical (unpaired) electrons. The van der Waals surface area contributed by atoms with Crippen molar-refractivity contribution in [2.24, 2.45) is 11.8 Å². The second kappa shape index (κ2) is 6.36. The maximum absolute atomic E-state index is 6.11. The van der Waals surface area contributed by atoms with E-state index in [1.165, 1.54) is 51.4 Å². The highest BCUT2D eigenvalue weighted by Crippen LogP contribution is 2.44. The molecule has 0 aromatic rings. The fourth-order valence-electron chi connectivity index (χ4n) is 4.62. The van der Waals surface area contributed by atoms with E-state index in [0.717, 1.165) is 37.3 Å².